The van der Waals surface area contributed by atoms with E-state index in [0.717, 1.165) is 27.7 Å². The molecule has 0 saturated heterocycles. The Balaban J connectivity index is 1.39. The normalized spacial score (nSPS) is 13.6. The lowest BCUT2D eigenvalue weighted by atomic mass is 10.0. The number of rotatable bonds is 5. The Morgan fingerprint density at radius 1 is 1.21 bits per heavy atom. The first-order valence-electron chi connectivity index (χ1n) is 12.1. The summed E-state index contributed by atoms with van der Waals surface area (Å²) in [7, 11) is 0. The van der Waals surface area contributed by atoms with Crippen molar-refractivity contribution in [3.63, 3.8) is 0 Å². The van der Waals surface area contributed by atoms with Crippen molar-refractivity contribution in [2.45, 2.75) is 26.4 Å². The minimum absolute atomic E-state index is 0.0126. The number of nitrogens with zero attached hydrogens (tertiary/aromatic N) is 4. The molecule has 6 nitrogen and oxygen atoms in total. The lowest BCUT2D eigenvalue weighted by Crippen LogP contribution is -2.34. The van der Waals surface area contributed by atoms with Crippen molar-refractivity contribution >= 4 is 44.6 Å². The van der Waals surface area contributed by atoms with Gasteiger partial charge < -0.3 is 5.32 Å². The number of pyridine rings is 1. The smallest absolute Gasteiger partial charge is 0.326 e. The number of carbonyl (C=O) groups is 1. The maximum Gasteiger partial charge on any atom is 0.326 e. The third-order valence-corrected chi connectivity index (χ3v) is 7.19. The van der Waals surface area contributed by atoms with E-state index >= 15 is 0 Å². The van der Waals surface area contributed by atoms with E-state index in [1.165, 1.54) is 19.1 Å². The number of fused-ring (bicyclic) bond motifs is 3. The SMILES string of the molecule is [C-]#[N+]c1ccc2c(c1)c1c(n2C(=O)NCc2ccnc(Br)c2)CCN(C/C=C/c2cc(F)c(C)c(F)c2)C1. The molecular formula is C29H24BrF2N5O. The van der Waals surface area contributed by atoms with Gasteiger partial charge in [0.2, 0.25) is 0 Å². The maximum absolute atomic E-state index is 13.9. The molecule has 5 rings (SSSR count). The zero-order chi connectivity index (χ0) is 26.8. The molecule has 1 amide bonds. The monoisotopic (exact) mass is 575 g/mol. The van der Waals surface area contributed by atoms with Crippen LogP contribution in [0.3, 0.4) is 0 Å². The highest BCUT2D eigenvalue weighted by Gasteiger charge is 2.26. The standard InChI is InChI=1S/C29H24BrF2N5O/c1-18-24(31)12-19(13-25(18)32)4-3-10-36-11-8-27-23(17-36)22-15-21(33-2)5-6-26(22)37(27)29(38)35-16-20-7-9-34-28(30)14-20/h3-7,9,12-15H,8,10-11,16-17H2,1H3,(H,35,38)/b4-3+. The van der Waals surface area contributed by atoms with Gasteiger partial charge in [-0.15, -0.1) is 0 Å². The molecule has 1 aliphatic heterocycles. The van der Waals surface area contributed by atoms with Gasteiger partial charge in [0.05, 0.1) is 12.1 Å². The van der Waals surface area contributed by atoms with Crippen molar-refractivity contribution in [1.82, 2.24) is 19.8 Å². The molecule has 0 unspecified atom stereocenters. The zero-order valence-corrected chi connectivity index (χ0v) is 22.2. The summed E-state index contributed by atoms with van der Waals surface area (Å²) in [6.45, 7) is 11.1. The van der Waals surface area contributed by atoms with E-state index < -0.39 is 11.6 Å². The molecule has 1 N–H and O–H groups in total. The lowest BCUT2D eigenvalue weighted by molar-refractivity contribution is 0.240. The Kier molecular flexibility index (Phi) is 7.36. The first kappa shape index (κ1) is 25.8. The van der Waals surface area contributed by atoms with Gasteiger partial charge in [-0.05, 0) is 81.3 Å². The second kappa shape index (κ2) is 10.9. The third-order valence-electron chi connectivity index (χ3n) is 6.76. The van der Waals surface area contributed by atoms with Gasteiger partial charge in [0, 0.05) is 50.1 Å². The molecule has 2 aromatic heterocycles. The third kappa shape index (κ3) is 5.23. The van der Waals surface area contributed by atoms with Crippen LogP contribution < -0.4 is 5.32 Å². The number of hydrogen-bond donors (Lipinski definition) is 1. The topological polar surface area (TPSA) is 54.5 Å². The molecule has 0 radical (unpaired) electrons. The molecule has 2 aromatic carbocycles. The predicted octanol–water partition coefficient (Wildman–Crippen LogP) is 6.77. The molecule has 4 aromatic rings. The lowest BCUT2D eigenvalue weighted by Gasteiger charge is -2.27. The largest absolute Gasteiger partial charge is 0.333 e. The predicted molar refractivity (Wildman–Crippen MR) is 147 cm³/mol. The number of halogens is 3. The van der Waals surface area contributed by atoms with Gasteiger partial charge in [-0.2, -0.15) is 0 Å². The van der Waals surface area contributed by atoms with E-state index in [2.05, 4.69) is 36.0 Å². The summed E-state index contributed by atoms with van der Waals surface area (Å²) in [5.74, 6) is -1.13. The van der Waals surface area contributed by atoms with Crippen LogP contribution in [0.25, 0.3) is 21.8 Å². The van der Waals surface area contributed by atoms with Crippen LogP contribution in [0.5, 0.6) is 0 Å². The molecule has 0 atom stereocenters. The number of nitrogens with one attached hydrogen (secondary N) is 1. The fourth-order valence-electron chi connectivity index (χ4n) is 4.77. The summed E-state index contributed by atoms with van der Waals surface area (Å²) < 4.78 is 30.2. The van der Waals surface area contributed by atoms with E-state index in [9.17, 15) is 13.6 Å². The molecule has 1 aliphatic rings. The number of aromatic nitrogens is 2. The molecule has 9 heteroatoms. The van der Waals surface area contributed by atoms with Crippen LogP contribution in [-0.2, 0) is 19.5 Å². The van der Waals surface area contributed by atoms with Crippen LogP contribution in [0, 0.1) is 25.1 Å². The van der Waals surface area contributed by atoms with Gasteiger partial charge in [0.15, 0.2) is 5.69 Å². The van der Waals surface area contributed by atoms with E-state index in [1.54, 1.807) is 22.9 Å². The van der Waals surface area contributed by atoms with E-state index in [-0.39, 0.29) is 11.6 Å². The Labute approximate surface area is 227 Å². The first-order valence-corrected chi connectivity index (χ1v) is 12.9. The number of benzene rings is 2. The Bertz CT molecular complexity index is 1600. The summed E-state index contributed by atoms with van der Waals surface area (Å²) in [5, 5.41) is 3.89. The van der Waals surface area contributed by atoms with E-state index in [4.69, 9.17) is 6.57 Å². The number of amides is 1. The van der Waals surface area contributed by atoms with Crippen molar-refractivity contribution in [2.75, 3.05) is 13.1 Å². The minimum atomic E-state index is -0.564. The van der Waals surface area contributed by atoms with Crippen molar-refractivity contribution in [1.29, 1.82) is 0 Å². The second-order valence-corrected chi connectivity index (χ2v) is 10.0. The quantitative estimate of drug-likeness (QED) is 0.211. The summed E-state index contributed by atoms with van der Waals surface area (Å²) in [6.07, 6.45) is 5.93. The van der Waals surface area contributed by atoms with Gasteiger partial charge in [-0.1, -0.05) is 18.2 Å². The Morgan fingerprint density at radius 3 is 2.74 bits per heavy atom. The molecule has 0 saturated carbocycles. The van der Waals surface area contributed by atoms with Crippen LogP contribution in [0.2, 0.25) is 0 Å². The molecule has 0 bridgehead atoms. The molecule has 3 heterocycles. The van der Waals surface area contributed by atoms with Crippen LogP contribution in [0.4, 0.5) is 19.3 Å². The highest BCUT2D eigenvalue weighted by Crippen LogP contribution is 2.33. The van der Waals surface area contributed by atoms with Crippen LogP contribution in [0.15, 0.2) is 59.3 Å². The van der Waals surface area contributed by atoms with Crippen LogP contribution in [0.1, 0.15) is 27.9 Å². The Hall–Kier alpha value is -3.87. The van der Waals surface area contributed by atoms with Gasteiger partial charge in [0.25, 0.3) is 0 Å². The zero-order valence-electron chi connectivity index (χ0n) is 20.6. The average Bonchev–Trinajstić information content (AvgIpc) is 3.23. The molecule has 0 spiro atoms. The summed E-state index contributed by atoms with van der Waals surface area (Å²) in [4.78, 5) is 23.3. The van der Waals surface area contributed by atoms with Gasteiger partial charge in [-0.25, -0.2) is 23.4 Å². The second-order valence-electron chi connectivity index (χ2n) is 9.22. The summed E-state index contributed by atoms with van der Waals surface area (Å²) >= 11 is 3.35. The summed E-state index contributed by atoms with van der Waals surface area (Å²) in [6, 6.07) is 11.5. The molecule has 38 heavy (non-hydrogen) atoms. The highest BCUT2D eigenvalue weighted by atomic mass is 79.9. The highest BCUT2D eigenvalue weighted by molar-refractivity contribution is 9.10. The maximum atomic E-state index is 13.9. The van der Waals surface area contributed by atoms with Gasteiger partial charge in [-0.3, -0.25) is 9.47 Å². The molecule has 0 fully saturated rings. The number of hydrogen-bond acceptors (Lipinski definition) is 3. The van der Waals surface area contributed by atoms with Crippen LogP contribution >= 0.6 is 15.9 Å². The average molecular weight is 576 g/mol. The van der Waals surface area contributed by atoms with Crippen molar-refractivity contribution in [2.24, 2.45) is 0 Å². The minimum Gasteiger partial charge on any atom is -0.333 e. The molecular weight excluding hydrogens is 552 g/mol. The fourth-order valence-corrected chi connectivity index (χ4v) is 5.18. The fraction of sp³-hybridized carbons (Fsp3) is 0.207. The molecule has 192 valence electrons. The first-order chi connectivity index (χ1) is 18.3. The van der Waals surface area contributed by atoms with E-state index in [0.29, 0.717) is 48.5 Å². The van der Waals surface area contributed by atoms with E-state index in [1.807, 2.05) is 30.3 Å². The van der Waals surface area contributed by atoms with Gasteiger partial charge in [0.1, 0.15) is 16.2 Å². The van der Waals surface area contributed by atoms with Crippen LogP contribution in [-0.4, -0.2) is 33.6 Å². The Morgan fingerprint density at radius 2 is 2.00 bits per heavy atom. The van der Waals surface area contributed by atoms with Crippen molar-refractivity contribution < 1.29 is 13.6 Å². The van der Waals surface area contributed by atoms with Crippen molar-refractivity contribution in [3.8, 4) is 0 Å². The summed E-state index contributed by atoms with van der Waals surface area (Å²) in [5.41, 5.74) is 4.63. The molecule has 0 aliphatic carbocycles. The van der Waals surface area contributed by atoms with Gasteiger partial charge >= 0.3 is 6.03 Å². The number of carbonyl (C=O) groups excluding carboxylic acids is 1. The van der Waals surface area contributed by atoms with Crippen molar-refractivity contribution in [3.05, 3.63) is 110 Å².